The molecule has 2 atom stereocenters. The van der Waals surface area contributed by atoms with Crippen LogP contribution in [0.4, 0.5) is 4.79 Å². The number of amides is 1. The van der Waals surface area contributed by atoms with Crippen LogP contribution in [0.2, 0.25) is 0 Å². The summed E-state index contributed by atoms with van der Waals surface area (Å²) in [4.78, 5) is 27.0. The molecule has 40 heavy (non-hydrogen) atoms. The SMILES string of the molecule is Cc1ccc([C@H]([C@@H](OC(=O)C2CC2)c2ccc(C)cc2)N(C(=O)OC(C)(C)C)S(=O)(=O)c2ccc(C)cc2)cc1. The number of aryl methyl sites for hydroxylation is 3. The van der Waals surface area contributed by atoms with Crippen LogP contribution in [0.15, 0.2) is 77.7 Å². The highest BCUT2D eigenvalue weighted by Crippen LogP contribution is 2.43. The van der Waals surface area contributed by atoms with Crippen LogP contribution in [0.25, 0.3) is 0 Å². The van der Waals surface area contributed by atoms with Gasteiger partial charge in [-0.2, -0.15) is 4.31 Å². The van der Waals surface area contributed by atoms with Crippen molar-refractivity contribution in [3.63, 3.8) is 0 Å². The van der Waals surface area contributed by atoms with E-state index in [1.165, 1.54) is 12.1 Å². The minimum atomic E-state index is -4.48. The maximum Gasteiger partial charge on any atom is 0.425 e. The van der Waals surface area contributed by atoms with Crippen molar-refractivity contribution in [2.75, 3.05) is 0 Å². The van der Waals surface area contributed by atoms with Crippen molar-refractivity contribution in [3.8, 4) is 0 Å². The molecular weight excluding hydrogens is 526 g/mol. The predicted octanol–water partition coefficient (Wildman–Crippen LogP) is 6.97. The Morgan fingerprint density at radius 1 is 0.775 bits per heavy atom. The lowest BCUT2D eigenvalue weighted by atomic mass is 9.94. The van der Waals surface area contributed by atoms with E-state index in [1.54, 1.807) is 57.2 Å². The average Bonchev–Trinajstić information content (AvgIpc) is 3.72. The number of sulfonamides is 1. The summed E-state index contributed by atoms with van der Waals surface area (Å²) in [5.41, 5.74) is 2.88. The number of carbonyl (C=O) groups excluding carboxylic acids is 2. The Labute approximate surface area is 237 Å². The van der Waals surface area contributed by atoms with Crippen molar-refractivity contribution in [2.45, 2.75) is 77.0 Å². The highest BCUT2D eigenvalue weighted by atomic mass is 32.2. The van der Waals surface area contributed by atoms with Gasteiger partial charge in [0.25, 0.3) is 10.0 Å². The largest absolute Gasteiger partial charge is 0.455 e. The Bertz CT molecular complexity index is 1450. The van der Waals surface area contributed by atoms with E-state index in [4.69, 9.17) is 9.47 Å². The summed E-state index contributed by atoms with van der Waals surface area (Å²) < 4.78 is 41.3. The first-order valence-corrected chi connectivity index (χ1v) is 14.9. The zero-order valence-electron chi connectivity index (χ0n) is 23.9. The van der Waals surface area contributed by atoms with Crippen molar-refractivity contribution in [3.05, 3.63) is 101 Å². The van der Waals surface area contributed by atoms with Crippen LogP contribution in [0.1, 0.15) is 73.6 Å². The van der Waals surface area contributed by atoms with Crippen molar-refractivity contribution >= 4 is 22.1 Å². The summed E-state index contributed by atoms with van der Waals surface area (Å²) in [5, 5.41) is 0. The fourth-order valence-electron chi connectivity index (χ4n) is 4.30. The van der Waals surface area contributed by atoms with Gasteiger partial charge in [-0.3, -0.25) is 4.79 Å². The molecule has 0 saturated heterocycles. The maximum absolute atomic E-state index is 14.4. The number of carbonyl (C=O) groups is 2. The smallest absolute Gasteiger partial charge is 0.425 e. The van der Waals surface area contributed by atoms with Crippen LogP contribution < -0.4 is 0 Å². The number of hydrogen-bond donors (Lipinski definition) is 0. The van der Waals surface area contributed by atoms with E-state index in [2.05, 4.69) is 0 Å². The molecule has 1 saturated carbocycles. The fourth-order valence-corrected chi connectivity index (χ4v) is 5.77. The minimum Gasteiger partial charge on any atom is -0.455 e. The molecule has 3 aromatic carbocycles. The van der Waals surface area contributed by atoms with Gasteiger partial charge in [-0.1, -0.05) is 77.4 Å². The van der Waals surface area contributed by atoms with Crippen LogP contribution >= 0.6 is 0 Å². The topological polar surface area (TPSA) is 90.0 Å². The molecule has 1 aliphatic rings. The molecular formula is C32H37NO6S. The first-order chi connectivity index (χ1) is 18.8. The van der Waals surface area contributed by atoms with Gasteiger partial charge in [-0.05, 0) is 77.6 Å². The Morgan fingerprint density at radius 2 is 1.23 bits per heavy atom. The maximum atomic E-state index is 14.4. The molecule has 0 aliphatic heterocycles. The second-order valence-corrected chi connectivity index (χ2v) is 13.3. The molecule has 7 nitrogen and oxygen atoms in total. The second kappa shape index (κ2) is 11.5. The van der Waals surface area contributed by atoms with Crippen molar-refractivity contribution in [2.24, 2.45) is 5.92 Å². The van der Waals surface area contributed by atoms with E-state index in [0.29, 0.717) is 24.0 Å². The van der Waals surface area contributed by atoms with Gasteiger partial charge in [0, 0.05) is 0 Å². The standard InChI is InChI=1S/C32H37NO6S/c1-21-7-13-24(14-8-21)28(29(38-30(34)26-17-18-26)25-15-9-22(2)10-16-25)33(31(35)39-32(4,5)6)40(36,37)27-19-11-23(3)12-20-27/h7-16,19-20,26,28-29H,17-18H2,1-6H3/t28-,29+/m1/s1. The van der Waals surface area contributed by atoms with Crippen LogP contribution in [-0.4, -0.2) is 30.4 Å². The summed E-state index contributed by atoms with van der Waals surface area (Å²) in [6.07, 6.45) is -0.750. The number of rotatable bonds is 8. The van der Waals surface area contributed by atoms with Crippen LogP contribution in [0, 0.1) is 26.7 Å². The van der Waals surface area contributed by atoms with Crippen molar-refractivity contribution < 1.29 is 27.5 Å². The molecule has 0 aromatic heterocycles. The summed E-state index contributed by atoms with van der Waals surface area (Å²) in [5.74, 6) is -0.658. The summed E-state index contributed by atoms with van der Waals surface area (Å²) in [7, 11) is -4.48. The van der Waals surface area contributed by atoms with Gasteiger partial charge >= 0.3 is 12.1 Å². The molecule has 0 spiro atoms. The molecule has 1 aliphatic carbocycles. The molecule has 212 valence electrons. The lowest BCUT2D eigenvalue weighted by molar-refractivity contribution is -0.154. The lowest BCUT2D eigenvalue weighted by Crippen LogP contribution is -2.45. The van der Waals surface area contributed by atoms with E-state index in [-0.39, 0.29) is 10.8 Å². The predicted molar refractivity (Wildman–Crippen MR) is 153 cm³/mol. The Hall–Kier alpha value is -3.65. The molecule has 0 unspecified atom stereocenters. The molecule has 0 radical (unpaired) electrons. The van der Waals surface area contributed by atoms with Crippen LogP contribution in [-0.2, 0) is 24.3 Å². The zero-order chi connectivity index (χ0) is 29.2. The number of ether oxygens (including phenoxy) is 2. The number of esters is 1. The number of hydrogen-bond acceptors (Lipinski definition) is 6. The van der Waals surface area contributed by atoms with E-state index in [1.807, 2.05) is 45.0 Å². The average molecular weight is 564 g/mol. The highest BCUT2D eigenvalue weighted by molar-refractivity contribution is 7.89. The molecule has 8 heteroatoms. The molecule has 0 bridgehead atoms. The minimum absolute atomic E-state index is 0.0720. The molecule has 0 heterocycles. The molecule has 1 amide bonds. The Balaban J connectivity index is 1.97. The van der Waals surface area contributed by atoms with E-state index in [0.717, 1.165) is 21.0 Å². The lowest BCUT2D eigenvalue weighted by Gasteiger charge is -2.37. The first-order valence-electron chi connectivity index (χ1n) is 13.4. The quantitative estimate of drug-likeness (QED) is 0.275. The third kappa shape index (κ3) is 6.91. The summed E-state index contributed by atoms with van der Waals surface area (Å²) >= 11 is 0. The van der Waals surface area contributed by atoms with Gasteiger partial charge in [-0.25, -0.2) is 13.2 Å². The van der Waals surface area contributed by atoms with E-state index in [9.17, 15) is 18.0 Å². The number of benzene rings is 3. The third-order valence-corrected chi connectivity index (χ3v) is 8.43. The van der Waals surface area contributed by atoms with Gasteiger partial charge in [0.1, 0.15) is 11.6 Å². The molecule has 3 aromatic rings. The first kappa shape index (κ1) is 29.3. The van der Waals surface area contributed by atoms with E-state index >= 15 is 0 Å². The summed E-state index contributed by atoms with van der Waals surface area (Å²) in [6.45, 7) is 10.7. The van der Waals surface area contributed by atoms with Crippen LogP contribution in [0.5, 0.6) is 0 Å². The van der Waals surface area contributed by atoms with E-state index < -0.39 is 39.8 Å². The molecule has 1 fully saturated rings. The number of nitrogens with zero attached hydrogens (tertiary/aromatic N) is 1. The van der Waals surface area contributed by atoms with Crippen LogP contribution in [0.3, 0.4) is 0 Å². The zero-order valence-corrected chi connectivity index (χ0v) is 24.7. The monoisotopic (exact) mass is 563 g/mol. The van der Waals surface area contributed by atoms with Crippen molar-refractivity contribution in [1.29, 1.82) is 0 Å². The van der Waals surface area contributed by atoms with Gasteiger partial charge < -0.3 is 9.47 Å². The van der Waals surface area contributed by atoms with Gasteiger partial charge in [0.15, 0.2) is 6.10 Å². The normalized spacial score (nSPS) is 15.2. The Kier molecular flexibility index (Phi) is 8.40. The molecule has 4 rings (SSSR count). The van der Waals surface area contributed by atoms with Gasteiger partial charge in [-0.15, -0.1) is 0 Å². The van der Waals surface area contributed by atoms with Gasteiger partial charge in [0.2, 0.25) is 0 Å². The van der Waals surface area contributed by atoms with Crippen molar-refractivity contribution in [1.82, 2.24) is 4.31 Å². The second-order valence-electron chi connectivity index (χ2n) is 11.5. The molecule has 0 N–H and O–H groups in total. The third-order valence-electron chi connectivity index (χ3n) is 6.67. The summed E-state index contributed by atoms with van der Waals surface area (Å²) in [6, 6.07) is 19.5. The Morgan fingerprint density at radius 3 is 1.68 bits per heavy atom. The highest BCUT2D eigenvalue weighted by Gasteiger charge is 2.46. The van der Waals surface area contributed by atoms with Gasteiger partial charge in [0.05, 0.1) is 10.8 Å². The fraction of sp³-hybridized carbons (Fsp3) is 0.375.